The molecule has 0 aromatic heterocycles. The molecule has 0 saturated carbocycles. The molecule has 0 spiro atoms. The molecule has 0 heterocycles. The van der Waals surface area contributed by atoms with E-state index in [-0.39, 0.29) is 23.8 Å². The maximum Gasteiger partial charge on any atom is 0.408 e. The zero-order valence-corrected chi connectivity index (χ0v) is 24.2. The Morgan fingerprint density at radius 2 is 1.58 bits per heavy atom. The number of alkyl carbamates (subject to hydrolysis) is 1. The third-order valence-corrected chi connectivity index (χ3v) is 6.38. The van der Waals surface area contributed by atoms with E-state index in [9.17, 15) is 14.4 Å². The Balaban J connectivity index is 3.52. The lowest BCUT2D eigenvalue weighted by molar-refractivity contribution is -0.145. The number of hydrogen-bond acceptors (Lipinski definition) is 4. The third kappa shape index (κ3) is 9.14. The smallest absolute Gasteiger partial charge is 0.408 e. The summed E-state index contributed by atoms with van der Waals surface area (Å²) in [6.07, 6.45) is 3.00. The van der Waals surface area contributed by atoms with Gasteiger partial charge in [0.2, 0.25) is 11.8 Å². The van der Waals surface area contributed by atoms with Gasteiger partial charge < -0.3 is 20.3 Å². The van der Waals surface area contributed by atoms with E-state index in [4.69, 9.17) is 4.74 Å². The Kier molecular flexibility index (Phi) is 12.4. The molecule has 36 heavy (non-hydrogen) atoms. The Labute approximate surface area is 218 Å². The van der Waals surface area contributed by atoms with Crippen molar-refractivity contribution in [2.24, 2.45) is 5.92 Å². The molecular weight excluding hydrogens is 454 g/mol. The number of unbranched alkanes of at least 4 members (excludes halogenated alkanes) is 2. The molecule has 1 aromatic carbocycles. The van der Waals surface area contributed by atoms with Crippen LogP contribution in [0.2, 0.25) is 0 Å². The lowest BCUT2D eigenvalue weighted by Crippen LogP contribution is -2.57. The minimum absolute atomic E-state index is 0.155. The van der Waals surface area contributed by atoms with Crippen LogP contribution < -0.4 is 10.6 Å². The predicted octanol–water partition coefficient (Wildman–Crippen LogP) is 5.83. The quantitative estimate of drug-likeness (QED) is 0.352. The number of benzene rings is 1. The van der Waals surface area contributed by atoms with Crippen LogP contribution in [0, 0.1) is 19.8 Å². The second-order valence-corrected chi connectivity index (χ2v) is 11.1. The summed E-state index contributed by atoms with van der Waals surface area (Å²) in [5, 5.41) is 5.88. The summed E-state index contributed by atoms with van der Waals surface area (Å²) in [6, 6.07) is 3.97. The van der Waals surface area contributed by atoms with Crippen molar-refractivity contribution in [2.75, 3.05) is 6.54 Å². The van der Waals surface area contributed by atoms with Crippen LogP contribution in [0.4, 0.5) is 4.79 Å². The summed E-state index contributed by atoms with van der Waals surface area (Å²) in [7, 11) is 0. The van der Waals surface area contributed by atoms with Gasteiger partial charge in [0, 0.05) is 12.6 Å². The van der Waals surface area contributed by atoms with Crippen LogP contribution in [0.5, 0.6) is 0 Å². The molecule has 1 aromatic rings. The van der Waals surface area contributed by atoms with E-state index in [2.05, 4.69) is 17.6 Å². The molecule has 0 aliphatic rings. The van der Waals surface area contributed by atoms with Crippen molar-refractivity contribution in [1.29, 1.82) is 0 Å². The molecule has 0 bridgehead atoms. The van der Waals surface area contributed by atoms with Gasteiger partial charge in [-0.15, -0.1) is 0 Å². The number of carbonyl (C=O) groups is 3. The average Bonchev–Trinajstić information content (AvgIpc) is 2.77. The van der Waals surface area contributed by atoms with Gasteiger partial charge in [-0.2, -0.15) is 0 Å². The van der Waals surface area contributed by atoms with Gasteiger partial charge in [0.25, 0.3) is 0 Å². The maximum absolute atomic E-state index is 14.2. The SMILES string of the molecule is CCCCCNC(=O)C(c1c(C)cccc1C)N(C(=O)C(NC(=O)OC(C)(C)C)C(C)CC)C(C)C. The van der Waals surface area contributed by atoms with Gasteiger partial charge in [0.1, 0.15) is 17.7 Å². The first-order valence-corrected chi connectivity index (χ1v) is 13.4. The van der Waals surface area contributed by atoms with Crippen molar-refractivity contribution in [1.82, 2.24) is 15.5 Å². The Bertz CT molecular complexity index is 856. The fourth-order valence-electron chi connectivity index (χ4n) is 4.30. The molecule has 0 aliphatic carbocycles. The monoisotopic (exact) mass is 503 g/mol. The van der Waals surface area contributed by atoms with Crippen LogP contribution in [0.25, 0.3) is 0 Å². The number of ether oxygens (including phenoxy) is 1. The Morgan fingerprint density at radius 3 is 2.06 bits per heavy atom. The fraction of sp³-hybridized carbons (Fsp3) is 0.690. The highest BCUT2D eigenvalue weighted by atomic mass is 16.6. The van der Waals surface area contributed by atoms with Gasteiger partial charge in [-0.1, -0.05) is 58.2 Å². The normalized spacial score (nSPS) is 14.1. The summed E-state index contributed by atoms with van der Waals surface area (Å²) in [5.41, 5.74) is 2.03. The zero-order chi connectivity index (χ0) is 27.6. The molecular formula is C29H49N3O4. The first kappa shape index (κ1) is 31.5. The predicted molar refractivity (Wildman–Crippen MR) is 146 cm³/mol. The highest BCUT2D eigenvalue weighted by Crippen LogP contribution is 2.31. The molecule has 3 atom stereocenters. The molecule has 3 amide bonds. The average molecular weight is 504 g/mol. The zero-order valence-electron chi connectivity index (χ0n) is 24.2. The molecule has 204 valence electrons. The topological polar surface area (TPSA) is 87.7 Å². The van der Waals surface area contributed by atoms with E-state index in [1.807, 2.05) is 59.7 Å². The van der Waals surface area contributed by atoms with Crippen LogP contribution in [-0.2, 0) is 14.3 Å². The summed E-state index contributed by atoms with van der Waals surface area (Å²) in [6.45, 7) is 19.7. The van der Waals surface area contributed by atoms with Gasteiger partial charge >= 0.3 is 6.09 Å². The Morgan fingerprint density at radius 1 is 1.00 bits per heavy atom. The van der Waals surface area contributed by atoms with Gasteiger partial charge in [0.15, 0.2) is 0 Å². The van der Waals surface area contributed by atoms with E-state index < -0.39 is 23.8 Å². The van der Waals surface area contributed by atoms with Crippen molar-refractivity contribution in [3.63, 3.8) is 0 Å². The van der Waals surface area contributed by atoms with Crippen molar-refractivity contribution in [3.05, 3.63) is 34.9 Å². The lowest BCUT2D eigenvalue weighted by Gasteiger charge is -2.39. The largest absolute Gasteiger partial charge is 0.444 e. The molecule has 0 aliphatic heterocycles. The molecule has 7 heteroatoms. The molecule has 0 radical (unpaired) electrons. The highest BCUT2D eigenvalue weighted by Gasteiger charge is 2.40. The molecule has 1 rings (SSSR count). The summed E-state index contributed by atoms with van der Waals surface area (Å²) >= 11 is 0. The van der Waals surface area contributed by atoms with E-state index in [1.54, 1.807) is 25.7 Å². The number of nitrogens with one attached hydrogen (secondary N) is 2. The molecule has 0 saturated heterocycles. The van der Waals surface area contributed by atoms with Crippen LogP contribution >= 0.6 is 0 Å². The number of aryl methyl sites for hydroxylation is 2. The Hall–Kier alpha value is -2.57. The summed E-state index contributed by atoms with van der Waals surface area (Å²) < 4.78 is 5.46. The van der Waals surface area contributed by atoms with E-state index in [1.165, 1.54) is 0 Å². The van der Waals surface area contributed by atoms with Crippen LogP contribution in [-0.4, -0.2) is 47.0 Å². The minimum atomic E-state index is -0.827. The first-order chi connectivity index (χ1) is 16.7. The van der Waals surface area contributed by atoms with Crippen molar-refractivity contribution < 1.29 is 19.1 Å². The first-order valence-electron chi connectivity index (χ1n) is 13.4. The second-order valence-electron chi connectivity index (χ2n) is 11.1. The molecule has 0 fully saturated rings. The van der Waals surface area contributed by atoms with Crippen LogP contribution in [0.15, 0.2) is 18.2 Å². The van der Waals surface area contributed by atoms with E-state index in [0.29, 0.717) is 13.0 Å². The maximum atomic E-state index is 14.2. The number of amides is 3. The minimum Gasteiger partial charge on any atom is -0.444 e. The highest BCUT2D eigenvalue weighted by molar-refractivity contribution is 5.93. The standard InChI is InChI=1S/C29H49N3O4/c1-11-13-14-18-30-26(33)25(23-21(6)16-15-17-22(23)7)32(19(3)4)27(34)24(20(5)12-2)31-28(35)36-29(8,9)10/h15-17,19-20,24-25H,11-14,18H2,1-10H3,(H,30,33)(H,31,35). The third-order valence-electron chi connectivity index (χ3n) is 6.38. The lowest BCUT2D eigenvalue weighted by atomic mass is 9.91. The second kappa shape index (κ2) is 14.2. The molecule has 2 N–H and O–H groups in total. The molecule has 3 unspecified atom stereocenters. The summed E-state index contributed by atoms with van der Waals surface area (Å²) in [4.78, 5) is 42.2. The van der Waals surface area contributed by atoms with Gasteiger partial charge in [-0.25, -0.2) is 4.79 Å². The van der Waals surface area contributed by atoms with E-state index in [0.717, 1.165) is 36.0 Å². The van der Waals surface area contributed by atoms with E-state index >= 15 is 0 Å². The number of nitrogens with zero attached hydrogens (tertiary/aromatic N) is 1. The molecule has 7 nitrogen and oxygen atoms in total. The van der Waals surface area contributed by atoms with Crippen LogP contribution in [0.1, 0.15) is 104 Å². The van der Waals surface area contributed by atoms with Gasteiger partial charge in [-0.3, -0.25) is 9.59 Å². The van der Waals surface area contributed by atoms with Gasteiger partial charge in [-0.05, 0) is 77.5 Å². The van der Waals surface area contributed by atoms with Crippen molar-refractivity contribution >= 4 is 17.9 Å². The van der Waals surface area contributed by atoms with Crippen LogP contribution in [0.3, 0.4) is 0 Å². The van der Waals surface area contributed by atoms with Crippen molar-refractivity contribution in [2.45, 2.75) is 119 Å². The number of carbonyl (C=O) groups excluding carboxylic acids is 3. The number of rotatable bonds is 12. The van der Waals surface area contributed by atoms with Crippen molar-refractivity contribution in [3.8, 4) is 0 Å². The fourth-order valence-corrected chi connectivity index (χ4v) is 4.30. The summed E-state index contributed by atoms with van der Waals surface area (Å²) in [5.74, 6) is -0.648. The number of hydrogen-bond donors (Lipinski definition) is 2. The van der Waals surface area contributed by atoms with Gasteiger partial charge in [0.05, 0.1) is 0 Å².